The summed E-state index contributed by atoms with van der Waals surface area (Å²) in [6.45, 7) is 1.05. The van der Waals surface area contributed by atoms with Crippen molar-refractivity contribution in [1.82, 2.24) is 14.7 Å². The predicted molar refractivity (Wildman–Crippen MR) is 113 cm³/mol. The first-order chi connectivity index (χ1) is 15.6. The summed E-state index contributed by atoms with van der Waals surface area (Å²) in [6, 6.07) is 13.9. The molecule has 9 nitrogen and oxygen atoms in total. The Morgan fingerprint density at radius 1 is 1.00 bits per heavy atom. The first kappa shape index (κ1) is 19.0. The van der Waals surface area contributed by atoms with E-state index in [4.69, 9.17) is 9.47 Å². The summed E-state index contributed by atoms with van der Waals surface area (Å²) in [4.78, 5) is 43.5. The molecule has 164 valence electrons. The van der Waals surface area contributed by atoms with Crippen molar-refractivity contribution in [2.24, 2.45) is 0 Å². The summed E-state index contributed by atoms with van der Waals surface area (Å²) < 4.78 is 10.6. The third-order valence-corrected chi connectivity index (χ3v) is 6.58. The molecule has 3 fully saturated rings. The van der Waals surface area contributed by atoms with Gasteiger partial charge in [-0.25, -0.2) is 9.59 Å². The molecule has 1 N–H and O–H groups in total. The first-order valence-corrected chi connectivity index (χ1v) is 10.7. The molecule has 3 atom stereocenters. The summed E-state index contributed by atoms with van der Waals surface area (Å²) in [7, 11) is 0. The number of hydrogen-bond acceptors (Lipinski definition) is 5. The van der Waals surface area contributed by atoms with Crippen LogP contribution in [0.4, 0.5) is 15.3 Å². The van der Waals surface area contributed by atoms with Crippen LogP contribution in [0, 0.1) is 0 Å². The minimum absolute atomic E-state index is 0.0982. The molecule has 3 aliphatic heterocycles. The number of rotatable bonds is 3. The molecule has 9 heteroatoms. The largest absolute Gasteiger partial charge is 0.454 e. The molecule has 1 saturated carbocycles. The Labute approximate surface area is 184 Å². The number of benzene rings is 2. The fraction of sp³-hybridized carbons (Fsp3) is 0.348. The lowest BCUT2D eigenvalue weighted by Crippen LogP contribution is -2.55. The van der Waals surface area contributed by atoms with Crippen LogP contribution in [-0.4, -0.2) is 71.2 Å². The maximum atomic E-state index is 13.1. The van der Waals surface area contributed by atoms with E-state index in [1.807, 2.05) is 30.3 Å². The van der Waals surface area contributed by atoms with E-state index in [-0.39, 0.29) is 43.3 Å². The fourth-order valence-corrected chi connectivity index (χ4v) is 4.81. The number of amides is 5. The van der Waals surface area contributed by atoms with Crippen molar-refractivity contribution in [3.8, 4) is 11.5 Å². The Bertz CT molecular complexity index is 1110. The van der Waals surface area contributed by atoms with Crippen LogP contribution in [-0.2, 0) is 4.79 Å². The lowest BCUT2D eigenvalue weighted by Gasteiger charge is -2.35. The lowest BCUT2D eigenvalue weighted by atomic mass is 10.1. The van der Waals surface area contributed by atoms with Crippen molar-refractivity contribution in [3.63, 3.8) is 0 Å². The highest BCUT2D eigenvalue weighted by Crippen LogP contribution is 2.47. The lowest BCUT2D eigenvalue weighted by molar-refractivity contribution is -0.129. The van der Waals surface area contributed by atoms with Gasteiger partial charge in [-0.3, -0.25) is 9.69 Å². The molecule has 6 rings (SSSR count). The number of carbonyl (C=O) groups excluding carboxylic acids is 3. The van der Waals surface area contributed by atoms with Crippen LogP contribution in [0.15, 0.2) is 48.5 Å². The van der Waals surface area contributed by atoms with Crippen LogP contribution in [0.5, 0.6) is 11.5 Å². The standard InChI is InChI=1S/C23H22N4O5/c28-21-18-12-25(22(29)24-15-6-7-19-20(10-15)32-13-31-19)8-9-26(18)23(30)27(21)17-11-16(17)14-4-2-1-3-5-14/h1-7,10,16-18H,8-9,11-13H2,(H,24,29)/t16-,17+,18?/m1/s1. The molecule has 0 aromatic heterocycles. The van der Waals surface area contributed by atoms with Gasteiger partial charge in [0.2, 0.25) is 6.79 Å². The van der Waals surface area contributed by atoms with E-state index in [2.05, 4.69) is 5.32 Å². The number of nitrogens with one attached hydrogen (secondary N) is 1. The Morgan fingerprint density at radius 3 is 2.66 bits per heavy atom. The van der Waals surface area contributed by atoms with Gasteiger partial charge in [0.25, 0.3) is 5.91 Å². The highest BCUT2D eigenvalue weighted by Gasteiger charge is 2.56. The monoisotopic (exact) mass is 434 g/mol. The number of hydrogen-bond donors (Lipinski definition) is 1. The number of urea groups is 2. The topological polar surface area (TPSA) is 91.4 Å². The Kier molecular flexibility index (Phi) is 4.24. The van der Waals surface area contributed by atoms with Crippen LogP contribution in [0.1, 0.15) is 17.9 Å². The second-order valence-electron chi connectivity index (χ2n) is 8.46. The molecule has 1 aliphatic carbocycles. The maximum Gasteiger partial charge on any atom is 0.327 e. The van der Waals surface area contributed by atoms with Crippen LogP contribution < -0.4 is 14.8 Å². The van der Waals surface area contributed by atoms with Crippen LogP contribution in [0.25, 0.3) is 0 Å². The van der Waals surface area contributed by atoms with Gasteiger partial charge in [0.05, 0.1) is 6.54 Å². The Morgan fingerprint density at radius 2 is 1.81 bits per heavy atom. The predicted octanol–water partition coefficient (Wildman–Crippen LogP) is 2.45. The molecule has 3 heterocycles. The number of anilines is 1. The minimum Gasteiger partial charge on any atom is -0.454 e. The molecular weight excluding hydrogens is 412 g/mol. The normalized spacial score (nSPS) is 25.8. The molecule has 0 bridgehead atoms. The minimum atomic E-state index is -0.629. The zero-order chi connectivity index (χ0) is 21.8. The third-order valence-electron chi connectivity index (χ3n) is 6.58. The van der Waals surface area contributed by atoms with Gasteiger partial charge in [-0.1, -0.05) is 30.3 Å². The number of piperazine rings is 1. The van der Waals surface area contributed by atoms with E-state index in [0.29, 0.717) is 30.3 Å². The van der Waals surface area contributed by atoms with Gasteiger partial charge in [-0.05, 0) is 24.1 Å². The van der Waals surface area contributed by atoms with Crippen LogP contribution in [0.2, 0.25) is 0 Å². The van der Waals surface area contributed by atoms with Gasteiger partial charge in [0, 0.05) is 36.8 Å². The summed E-state index contributed by atoms with van der Waals surface area (Å²) >= 11 is 0. The highest BCUT2D eigenvalue weighted by molar-refractivity contribution is 6.05. The Balaban J connectivity index is 1.13. The van der Waals surface area contributed by atoms with E-state index in [1.165, 1.54) is 4.90 Å². The molecule has 0 radical (unpaired) electrons. The second kappa shape index (κ2) is 7.15. The van der Waals surface area contributed by atoms with Gasteiger partial charge in [0.15, 0.2) is 11.5 Å². The SMILES string of the molecule is O=C(Nc1ccc2c(c1)OCO2)N1CCN2C(=O)N([C@H]3C[C@@H]3c3ccccc3)C(=O)C2C1. The average Bonchev–Trinajstić information content (AvgIpc) is 3.38. The second-order valence-corrected chi connectivity index (χ2v) is 8.46. The van der Waals surface area contributed by atoms with Gasteiger partial charge in [-0.2, -0.15) is 0 Å². The quantitative estimate of drug-likeness (QED) is 0.750. The number of imide groups is 1. The van der Waals surface area contributed by atoms with Gasteiger partial charge in [0.1, 0.15) is 6.04 Å². The molecular formula is C23H22N4O5. The van der Waals surface area contributed by atoms with E-state index in [0.717, 1.165) is 12.0 Å². The van der Waals surface area contributed by atoms with E-state index < -0.39 is 6.04 Å². The van der Waals surface area contributed by atoms with Gasteiger partial charge >= 0.3 is 12.1 Å². The third kappa shape index (κ3) is 3.04. The van der Waals surface area contributed by atoms with E-state index in [9.17, 15) is 14.4 Å². The van der Waals surface area contributed by atoms with E-state index in [1.54, 1.807) is 28.0 Å². The number of carbonyl (C=O) groups is 3. The number of nitrogens with zero attached hydrogens (tertiary/aromatic N) is 3. The molecule has 32 heavy (non-hydrogen) atoms. The molecule has 0 spiro atoms. The molecule has 2 saturated heterocycles. The zero-order valence-electron chi connectivity index (χ0n) is 17.3. The van der Waals surface area contributed by atoms with E-state index >= 15 is 0 Å². The van der Waals surface area contributed by atoms with Crippen molar-refractivity contribution >= 4 is 23.7 Å². The average molecular weight is 434 g/mol. The van der Waals surface area contributed by atoms with Crippen molar-refractivity contribution in [2.45, 2.75) is 24.4 Å². The maximum absolute atomic E-state index is 13.1. The molecule has 4 aliphatic rings. The summed E-state index contributed by atoms with van der Waals surface area (Å²) in [5.41, 5.74) is 1.73. The van der Waals surface area contributed by atoms with Gasteiger partial charge in [-0.15, -0.1) is 0 Å². The van der Waals surface area contributed by atoms with Crippen LogP contribution in [0.3, 0.4) is 0 Å². The number of ether oxygens (including phenoxy) is 2. The number of fused-ring (bicyclic) bond motifs is 2. The van der Waals surface area contributed by atoms with Crippen LogP contribution >= 0.6 is 0 Å². The molecule has 2 aromatic rings. The van der Waals surface area contributed by atoms with Crippen molar-refractivity contribution < 1.29 is 23.9 Å². The summed E-state index contributed by atoms with van der Waals surface area (Å²) in [5, 5.41) is 2.85. The highest BCUT2D eigenvalue weighted by atomic mass is 16.7. The van der Waals surface area contributed by atoms with Crippen molar-refractivity contribution in [3.05, 3.63) is 54.1 Å². The van der Waals surface area contributed by atoms with Gasteiger partial charge < -0.3 is 24.6 Å². The zero-order valence-corrected chi connectivity index (χ0v) is 17.3. The molecule has 2 aromatic carbocycles. The Hall–Kier alpha value is -3.75. The molecule has 1 unspecified atom stereocenters. The summed E-state index contributed by atoms with van der Waals surface area (Å²) in [5.74, 6) is 1.20. The fourth-order valence-electron chi connectivity index (χ4n) is 4.81. The summed E-state index contributed by atoms with van der Waals surface area (Å²) in [6.07, 6.45) is 0.788. The molecule has 5 amide bonds. The smallest absolute Gasteiger partial charge is 0.327 e. The first-order valence-electron chi connectivity index (χ1n) is 10.7. The van der Waals surface area contributed by atoms with Crippen molar-refractivity contribution in [1.29, 1.82) is 0 Å². The van der Waals surface area contributed by atoms with Crippen molar-refractivity contribution in [2.75, 3.05) is 31.7 Å².